The van der Waals surface area contributed by atoms with Gasteiger partial charge in [0.05, 0.1) is 6.61 Å². The predicted molar refractivity (Wildman–Crippen MR) is 69.3 cm³/mol. The smallest absolute Gasteiger partial charge is 0.340 e. The molecule has 2 amide bonds. The number of alkyl halides is 3. The van der Waals surface area contributed by atoms with Crippen molar-refractivity contribution >= 4 is 11.8 Å². The lowest BCUT2D eigenvalue weighted by atomic mass is 9.83. The minimum absolute atomic E-state index is 0.291. The normalized spacial score (nSPS) is 21.4. The first-order valence-corrected chi connectivity index (χ1v) is 6.85. The summed E-state index contributed by atoms with van der Waals surface area (Å²) in [5.41, 5.74) is -2.26. The van der Waals surface area contributed by atoms with E-state index in [1.807, 2.05) is 0 Å². The molecule has 1 aliphatic rings. The van der Waals surface area contributed by atoms with E-state index < -0.39 is 24.0 Å². The zero-order chi connectivity index (χ0) is 16.5. The number of rotatable bonds is 5. The van der Waals surface area contributed by atoms with E-state index in [0.717, 1.165) is 0 Å². The summed E-state index contributed by atoms with van der Waals surface area (Å²) in [4.78, 5) is 26.0. The molecule has 1 aliphatic heterocycles. The maximum atomic E-state index is 12.6. The molecule has 0 aromatic carbocycles. The molecule has 1 saturated heterocycles. The van der Waals surface area contributed by atoms with Gasteiger partial charge in [0, 0.05) is 6.54 Å². The zero-order valence-corrected chi connectivity index (χ0v) is 12.6. The van der Waals surface area contributed by atoms with Crippen LogP contribution in [0.25, 0.3) is 0 Å². The lowest BCUT2D eigenvalue weighted by Crippen LogP contribution is -2.74. The summed E-state index contributed by atoms with van der Waals surface area (Å²) in [5.74, 6) is -0.749. The Kier molecular flexibility index (Phi) is 4.92. The van der Waals surface area contributed by atoms with Crippen LogP contribution < -0.4 is 5.32 Å². The Bertz CT molecular complexity index is 417. The van der Waals surface area contributed by atoms with Gasteiger partial charge in [-0.05, 0) is 26.7 Å². The van der Waals surface area contributed by atoms with Crippen LogP contribution in [0.1, 0.15) is 40.5 Å². The lowest BCUT2D eigenvalue weighted by Gasteiger charge is -2.49. The van der Waals surface area contributed by atoms with Crippen molar-refractivity contribution in [1.29, 1.82) is 0 Å². The summed E-state index contributed by atoms with van der Waals surface area (Å²) in [6.45, 7) is 5.52. The van der Waals surface area contributed by atoms with Crippen molar-refractivity contribution in [2.75, 3.05) is 13.2 Å². The molecule has 0 radical (unpaired) electrons. The molecular formula is C13H21F3N2O3. The van der Waals surface area contributed by atoms with E-state index in [9.17, 15) is 22.8 Å². The quantitative estimate of drug-likeness (QED) is 0.842. The molecule has 0 atom stereocenters. The van der Waals surface area contributed by atoms with Crippen molar-refractivity contribution in [1.82, 2.24) is 10.2 Å². The minimum atomic E-state index is -4.75. The third-order valence-electron chi connectivity index (χ3n) is 4.03. The largest absolute Gasteiger partial charge is 0.522 e. The molecule has 8 heteroatoms. The van der Waals surface area contributed by atoms with Gasteiger partial charge in [0.1, 0.15) is 11.1 Å². The first-order valence-electron chi connectivity index (χ1n) is 6.85. The second kappa shape index (κ2) is 5.82. The molecule has 5 nitrogen and oxygen atoms in total. The van der Waals surface area contributed by atoms with Gasteiger partial charge in [0.15, 0.2) is 0 Å². The van der Waals surface area contributed by atoms with E-state index in [-0.39, 0.29) is 18.4 Å². The van der Waals surface area contributed by atoms with Gasteiger partial charge < -0.3 is 10.2 Å². The summed E-state index contributed by atoms with van der Waals surface area (Å²) >= 11 is 0. The molecule has 1 fully saturated rings. The number of carbonyl (C=O) groups excluding carboxylic acids is 2. The van der Waals surface area contributed by atoms with E-state index in [2.05, 4.69) is 10.1 Å². The molecule has 0 aromatic rings. The average Bonchev–Trinajstić information content (AvgIpc) is 2.37. The maximum Gasteiger partial charge on any atom is 0.522 e. The Morgan fingerprint density at radius 3 is 2.14 bits per heavy atom. The summed E-state index contributed by atoms with van der Waals surface area (Å²) in [7, 11) is 0. The second-order valence-electron chi connectivity index (χ2n) is 5.55. The molecule has 0 aromatic heterocycles. The highest BCUT2D eigenvalue weighted by Gasteiger charge is 2.52. The van der Waals surface area contributed by atoms with Gasteiger partial charge in [-0.25, -0.2) is 0 Å². The first-order chi connectivity index (χ1) is 9.50. The summed E-state index contributed by atoms with van der Waals surface area (Å²) < 4.78 is 39.9. The number of hydrogen-bond donors (Lipinski definition) is 1. The van der Waals surface area contributed by atoms with Crippen LogP contribution in [0.3, 0.4) is 0 Å². The van der Waals surface area contributed by atoms with Crippen molar-refractivity contribution in [2.45, 2.75) is 58.0 Å². The molecule has 1 rings (SSSR count). The van der Waals surface area contributed by atoms with Crippen LogP contribution in [0.15, 0.2) is 0 Å². The van der Waals surface area contributed by atoms with Crippen molar-refractivity contribution in [3.05, 3.63) is 0 Å². The monoisotopic (exact) mass is 310 g/mol. The van der Waals surface area contributed by atoms with E-state index in [1.165, 1.54) is 18.7 Å². The van der Waals surface area contributed by atoms with Crippen LogP contribution in [-0.4, -0.2) is 47.3 Å². The molecule has 122 valence electrons. The molecule has 21 heavy (non-hydrogen) atoms. The molecule has 0 bridgehead atoms. The molecule has 1 heterocycles. The number of halogens is 3. The molecule has 1 N–H and O–H groups in total. The molecule has 0 aliphatic carbocycles. The number of piperazine rings is 1. The van der Waals surface area contributed by atoms with Crippen LogP contribution in [0, 0.1) is 0 Å². The molecule has 0 spiro atoms. The number of ether oxygens (including phenoxy) is 1. The number of nitrogens with zero attached hydrogens (tertiary/aromatic N) is 1. The number of nitrogens with one attached hydrogen (secondary N) is 1. The van der Waals surface area contributed by atoms with Crippen LogP contribution in [0.4, 0.5) is 13.2 Å². The van der Waals surface area contributed by atoms with Gasteiger partial charge in [-0.2, -0.15) is 0 Å². The third-order valence-corrected chi connectivity index (χ3v) is 4.03. The Hall–Kier alpha value is -1.31. The minimum Gasteiger partial charge on any atom is -0.340 e. The van der Waals surface area contributed by atoms with Gasteiger partial charge in [-0.15, -0.1) is 13.2 Å². The number of amides is 2. The van der Waals surface area contributed by atoms with Gasteiger partial charge in [-0.1, -0.05) is 13.8 Å². The highest BCUT2D eigenvalue weighted by molar-refractivity contribution is 6.01. The second-order valence-corrected chi connectivity index (χ2v) is 5.55. The Balaban J connectivity index is 2.95. The highest BCUT2D eigenvalue weighted by Crippen LogP contribution is 2.30. The summed E-state index contributed by atoms with van der Waals surface area (Å²) in [6.07, 6.45) is -4.00. The van der Waals surface area contributed by atoms with Crippen LogP contribution in [-0.2, 0) is 14.3 Å². The standard InChI is InChI=1S/C13H21F3N2O3/c1-5-12(6-2)10(20)18(7-8-21-13(14,15)16)11(3,4)9(19)17-12/h5-8H2,1-4H3,(H,17,19). The maximum absolute atomic E-state index is 12.6. The predicted octanol–water partition coefficient (Wildman–Crippen LogP) is 1.82. The van der Waals surface area contributed by atoms with Crippen LogP contribution in [0.5, 0.6) is 0 Å². The van der Waals surface area contributed by atoms with Crippen LogP contribution in [0.2, 0.25) is 0 Å². The fraction of sp³-hybridized carbons (Fsp3) is 0.846. The van der Waals surface area contributed by atoms with Crippen molar-refractivity contribution < 1.29 is 27.5 Å². The van der Waals surface area contributed by atoms with E-state index in [0.29, 0.717) is 12.8 Å². The fourth-order valence-electron chi connectivity index (χ4n) is 2.42. The SMILES string of the molecule is CCC1(CC)NC(=O)C(C)(C)N(CCOC(F)(F)F)C1=O. The fourth-order valence-corrected chi connectivity index (χ4v) is 2.42. The van der Waals surface area contributed by atoms with Gasteiger partial charge in [0.2, 0.25) is 11.8 Å². The van der Waals surface area contributed by atoms with E-state index in [1.54, 1.807) is 13.8 Å². The van der Waals surface area contributed by atoms with E-state index >= 15 is 0 Å². The van der Waals surface area contributed by atoms with Gasteiger partial charge in [0.25, 0.3) is 0 Å². The molecule has 0 saturated carbocycles. The lowest BCUT2D eigenvalue weighted by molar-refractivity contribution is -0.325. The summed E-state index contributed by atoms with van der Waals surface area (Å²) in [6, 6.07) is 0. The first kappa shape index (κ1) is 17.7. The van der Waals surface area contributed by atoms with E-state index in [4.69, 9.17) is 0 Å². The Morgan fingerprint density at radius 2 is 1.71 bits per heavy atom. The topological polar surface area (TPSA) is 58.6 Å². The highest BCUT2D eigenvalue weighted by atomic mass is 19.4. The van der Waals surface area contributed by atoms with Crippen LogP contribution >= 0.6 is 0 Å². The summed E-state index contributed by atoms with van der Waals surface area (Å²) in [5, 5.41) is 2.71. The number of carbonyl (C=O) groups is 2. The van der Waals surface area contributed by atoms with Gasteiger partial charge >= 0.3 is 6.36 Å². The zero-order valence-electron chi connectivity index (χ0n) is 12.6. The number of hydrogen-bond acceptors (Lipinski definition) is 3. The molecule has 0 unspecified atom stereocenters. The van der Waals surface area contributed by atoms with Crippen molar-refractivity contribution in [3.63, 3.8) is 0 Å². The van der Waals surface area contributed by atoms with Crippen molar-refractivity contribution in [3.8, 4) is 0 Å². The third kappa shape index (κ3) is 3.48. The Morgan fingerprint density at radius 1 is 1.19 bits per heavy atom. The van der Waals surface area contributed by atoms with Crippen molar-refractivity contribution in [2.24, 2.45) is 0 Å². The van der Waals surface area contributed by atoms with Gasteiger partial charge in [-0.3, -0.25) is 14.3 Å². The molecular weight excluding hydrogens is 289 g/mol. The average molecular weight is 310 g/mol. The Labute approximate surface area is 121 Å².